The molecule has 2 aromatic carbocycles. The number of rotatable bonds is 15. The topological polar surface area (TPSA) is 95.1 Å². The van der Waals surface area contributed by atoms with Gasteiger partial charge in [-0.25, -0.2) is 31.5 Å². The molecule has 0 aromatic heterocycles. The van der Waals surface area contributed by atoms with Gasteiger partial charge < -0.3 is 29.6 Å². The van der Waals surface area contributed by atoms with Gasteiger partial charge in [-0.1, -0.05) is 30.3 Å². The Morgan fingerprint density at radius 3 is 1.95 bits per heavy atom. The highest BCUT2D eigenvalue weighted by Gasteiger charge is 2.44. The lowest BCUT2D eigenvalue weighted by molar-refractivity contribution is -0.139. The molecule has 1 heterocycles. The molecule has 13 heteroatoms. The molecule has 8 nitrogen and oxygen atoms in total. The van der Waals surface area contributed by atoms with E-state index >= 15 is 8.78 Å². The maximum Gasteiger partial charge on any atom is 0.336 e. The van der Waals surface area contributed by atoms with E-state index in [1.54, 1.807) is 0 Å². The van der Waals surface area contributed by atoms with E-state index in [-0.39, 0.29) is 44.4 Å². The highest BCUT2D eigenvalue weighted by molar-refractivity contribution is 6.00. The first kappa shape index (κ1) is 33.7. The Labute approximate surface area is 245 Å². The van der Waals surface area contributed by atoms with Crippen molar-refractivity contribution < 1.29 is 50.5 Å². The standard InChI is InChI=1S/C30H33F5N2O6/c1-4-42-29(38)20-17(3)37-19(16-41-14-13-40-12-11-36-15-18-9-7-6-8-10-18)21(30(39)43-5-2)22(20)23-24(31)26(33)28(35)27(34)25(23)32/h6-10,22,36-37H,4-5,11-16H2,1-3H3/t22-/m1/s1. The van der Waals surface area contributed by atoms with E-state index < -0.39 is 63.7 Å². The SMILES string of the molecule is CCOC(=O)C1=C(C)NC(COCCOCCNCc2ccccc2)=C(C(=O)OCC)[C@@H]1c1c(F)c(F)c(F)c(F)c1F. The fourth-order valence-electron chi connectivity index (χ4n) is 4.47. The number of benzene rings is 2. The summed E-state index contributed by atoms with van der Waals surface area (Å²) in [5.74, 6) is -15.6. The fraction of sp³-hybridized carbons (Fsp3) is 0.400. The van der Waals surface area contributed by atoms with Crippen molar-refractivity contribution in [2.75, 3.05) is 46.2 Å². The summed E-state index contributed by atoms with van der Waals surface area (Å²) in [6.07, 6.45) is 0. The van der Waals surface area contributed by atoms with E-state index in [0.717, 1.165) is 5.56 Å². The van der Waals surface area contributed by atoms with Crippen LogP contribution >= 0.6 is 0 Å². The molecule has 43 heavy (non-hydrogen) atoms. The van der Waals surface area contributed by atoms with Crippen molar-refractivity contribution in [3.63, 3.8) is 0 Å². The maximum absolute atomic E-state index is 15.1. The molecular weight excluding hydrogens is 579 g/mol. The van der Waals surface area contributed by atoms with Crippen LogP contribution in [0.5, 0.6) is 0 Å². The first-order valence-electron chi connectivity index (χ1n) is 13.6. The Hall–Kier alpha value is -3.81. The van der Waals surface area contributed by atoms with Crippen LogP contribution in [0, 0.1) is 29.1 Å². The molecule has 2 aromatic rings. The molecule has 0 unspecified atom stereocenters. The smallest absolute Gasteiger partial charge is 0.336 e. The summed E-state index contributed by atoms with van der Waals surface area (Å²) in [6.45, 7) is 5.30. The third kappa shape index (κ3) is 8.18. The van der Waals surface area contributed by atoms with Gasteiger partial charge in [0.05, 0.1) is 62.4 Å². The van der Waals surface area contributed by atoms with Gasteiger partial charge in [0.25, 0.3) is 0 Å². The van der Waals surface area contributed by atoms with Crippen molar-refractivity contribution in [2.24, 2.45) is 0 Å². The van der Waals surface area contributed by atoms with Crippen LogP contribution in [-0.2, 0) is 35.1 Å². The summed E-state index contributed by atoms with van der Waals surface area (Å²) < 4.78 is 93.9. The molecule has 1 atom stereocenters. The quantitative estimate of drug-likeness (QED) is 0.0996. The van der Waals surface area contributed by atoms with Gasteiger partial charge in [-0.15, -0.1) is 0 Å². The van der Waals surface area contributed by atoms with Gasteiger partial charge in [-0.05, 0) is 26.3 Å². The zero-order valence-electron chi connectivity index (χ0n) is 24.0. The number of nitrogens with one attached hydrogen (secondary N) is 2. The zero-order valence-corrected chi connectivity index (χ0v) is 24.0. The predicted molar refractivity (Wildman–Crippen MR) is 145 cm³/mol. The number of ether oxygens (including phenoxy) is 4. The minimum atomic E-state index is -2.38. The molecule has 0 saturated heterocycles. The van der Waals surface area contributed by atoms with Gasteiger partial charge in [0.2, 0.25) is 5.82 Å². The first-order chi connectivity index (χ1) is 20.6. The van der Waals surface area contributed by atoms with Gasteiger partial charge in [-0.2, -0.15) is 0 Å². The number of esters is 2. The Morgan fingerprint density at radius 2 is 1.35 bits per heavy atom. The Morgan fingerprint density at radius 1 is 0.791 bits per heavy atom. The van der Waals surface area contributed by atoms with E-state index in [2.05, 4.69) is 10.6 Å². The van der Waals surface area contributed by atoms with Crippen molar-refractivity contribution in [1.82, 2.24) is 10.6 Å². The first-order valence-corrected chi connectivity index (χ1v) is 13.6. The molecule has 1 aliphatic heterocycles. The van der Waals surface area contributed by atoms with Crippen LogP contribution in [0.3, 0.4) is 0 Å². The lowest BCUT2D eigenvalue weighted by Crippen LogP contribution is -2.36. The van der Waals surface area contributed by atoms with E-state index in [1.807, 2.05) is 30.3 Å². The van der Waals surface area contributed by atoms with Crippen LogP contribution in [0.2, 0.25) is 0 Å². The summed E-state index contributed by atoms with van der Waals surface area (Å²) in [4.78, 5) is 26.1. The zero-order chi connectivity index (χ0) is 31.5. The van der Waals surface area contributed by atoms with E-state index in [9.17, 15) is 22.8 Å². The number of allylic oxidation sites excluding steroid dienone is 1. The summed E-state index contributed by atoms with van der Waals surface area (Å²) in [7, 11) is 0. The molecule has 0 saturated carbocycles. The van der Waals surface area contributed by atoms with Gasteiger partial charge in [-0.3, -0.25) is 0 Å². The van der Waals surface area contributed by atoms with Crippen molar-refractivity contribution in [1.29, 1.82) is 0 Å². The van der Waals surface area contributed by atoms with E-state index in [1.165, 1.54) is 20.8 Å². The number of dihydropyridines is 1. The van der Waals surface area contributed by atoms with Gasteiger partial charge in [0, 0.05) is 24.4 Å². The molecular formula is C30H33F5N2O6. The fourth-order valence-corrected chi connectivity index (χ4v) is 4.47. The molecule has 0 fully saturated rings. The van der Waals surface area contributed by atoms with Crippen LogP contribution < -0.4 is 10.6 Å². The van der Waals surface area contributed by atoms with E-state index in [0.29, 0.717) is 19.7 Å². The molecule has 2 N–H and O–H groups in total. The third-order valence-electron chi connectivity index (χ3n) is 6.38. The molecule has 234 valence electrons. The molecule has 1 aliphatic rings. The summed E-state index contributed by atoms with van der Waals surface area (Å²) in [5, 5.41) is 6.01. The average Bonchev–Trinajstić information content (AvgIpc) is 2.99. The predicted octanol–water partition coefficient (Wildman–Crippen LogP) is 4.55. The number of hydrogen-bond donors (Lipinski definition) is 2. The molecule has 0 radical (unpaired) electrons. The summed E-state index contributed by atoms with van der Waals surface area (Å²) >= 11 is 0. The van der Waals surface area contributed by atoms with Crippen LogP contribution in [0.15, 0.2) is 52.9 Å². The largest absolute Gasteiger partial charge is 0.463 e. The van der Waals surface area contributed by atoms with Crippen LogP contribution in [-0.4, -0.2) is 58.1 Å². The molecule has 0 aliphatic carbocycles. The normalized spacial score (nSPS) is 15.0. The number of carbonyl (C=O) groups excluding carboxylic acids is 2. The highest BCUT2D eigenvalue weighted by Crippen LogP contribution is 2.43. The Kier molecular flexibility index (Phi) is 12.7. The molecule has 0 bridgehead atoms. The van der Waals surface area contributed by atoms with Crippen molar-refractivity contribution in [3.05, 3.63) is 93.1 Å². The molecule has 3 rings (SSSR count). The number of halogens is 5. The van der Waals surface area contributed by atoms with Gasteiger partial charge >= 0.3 is 11.9 Å². The second kappa shape index (κ2) is 16.1. The minimum Gasteiger partial charge on any atom is -0.463 e. The van der Waals surface area contributed by atoms with Crippen LogP contribution in [0.1, 0.15) is 37.8 Å². The number of hydrogen-bond acceptors (Lipinski definition) is 8. The summed E-state index contributed by atoms with van der Waals surface area (Å²) in [5.41, 5.74) is -1.50. The second-order valence-electron chi connectivity index (χ2n) is 9.24. The number of carbonyl (C=O) groups is 2. The highest BCUT2D eigenvalue weighted by atomic mass is 19.2. The third-order valence-corrected chi connectivity index (χ3v) is 6.38. The second-order valence-corrected chi connectivity index (χ2v) is 9.24. The lowest BCUT2D eigenvalue weighted by atomic mass is 9.79. The molecule has 0 spiro atoms. The van der Waals surface area contributed by atoms with Crippen molar-refractivity contribution >= 4 is 11.9 Å². The average molecular weight is 613 g/mol. The van der Waals surface area contributed by atoms with Crippen LogP contribution in [0.25, 0.3) is 0 Å². The lowest BCUT2D eigenvalue weighted by Gasteiger charge is -2.32. The Balaban J connectivity index is 1.83. The van der Waals surface area contributed by atoms with E-state index in [4.69, 9.17) is 18.9 Å². The Bertz CT molecular complexity index is 1340. The maximum atomic E-state index is 15.1. The molecule has 0 amide bonds. The van der Waals surface area contributed by atoms with Crippen LogP contribution in [0.4, 0.5) is 22.0 Å². The monoisotopic (exact) mass is 612 g/mol. The summed E-state index contributed by atoms with van der Waals surface area (Å²) in [6, 6.07) is 9.79. The van der Waals surface area contributed by atoms with Gasteiger partial charge in [0.15, 0.2) is 23.3 Å². The minimum absolute atomic E-state index is 0.0284. The van der Waals surface area contributed by atoms with Gasteiger partial charge in [0.1, 0.15) is 0 Å². The van der Waals surface area contributed by atoms with Crippen molar-refractivity contribution in [3.8, 4) is 0 Å². The van der Waals surface area contributed by atoms with Crippen molar-refractivity contribution in [2.45, 2.75) is 33.2 Å².